The van der Waals surface area contributed by atoms with Gasteiger partial charge < -0.3 is 14.6 Å². The molecule has 0 aliphatic heterocycles. The number of nitrogens with zero attached hydrogens (tertiary/aromatic N) is 1. The molecule has 0 radical (unpaired) electrons. The molecule has 3 nitrogen and oxygen atoms in total. The van der Waals surface area contributed by atoms with Gasteiger partial charge in [0.05, 0.1) is 12.8 Å². The van der Waals surface area contributed by atoms with E-state index in [-0.39, 0.29) is 0 Å². The Balaban J connectivity index is 2.12. The van der Waals surface area contributed by atoms with Crippen molar-refractivity contribution in [3.05, 3.63) is 53.5 Å². The van der Waals surface area contributed by atoms with Crippen molar-refractivity contribution < 1.29 is 4.42 Å². The van der Waals surface area contributed by atoms with Gasteiger partial charge in [0.15, 0.2) is 0 Å². The van der Waals surface area contributed by atoms with Crippen LogP contribution in [0.2, 0.25) is 0 Å². The van der Waals surface area contributed by atoms with E-state index in [9.17, 15) is 0 Å². The van der Waals surface area contributed by atoms with Crippen LogP contribution in [0.15, 0.2) is 41.0 Å². The fourth-order valence-corrected chi connectivity index (χ4v) is 2.18. The number of hydrogen-bond acceptors (Lipinski definition) is 3. The van der Waals surface area contributed by atoms with Crippen LogP contribution in [-0.4, -0.2) is 14.1 Å². The summed E-state index contributed by atoms with van der Waals surface area (Å²) in [4.78, 5) is 2.21. The number of hydrogen-bond donors (Lipinski definition) is 1. The highest BCUT2D eigenvalue weighted by Gasteiger charge is 2.07. The Bertz CT molecular complexity index is 491. The fourth-order valence-electron chi connectivity index (χ4n) is 2.18. The van der Waals surface area contributed by atoms with E-state index in [2.05, 4.69) is 42.4 Å². The monoisotopic (exact) mass is 244 g/mol. The van der Waals surface area contributed by atoms with Crippen LogP contribution in [0.5, 0.6) is 0 Å². The van der Waals surface area contributed by atoms with Crippen LogP contribution in [-0.2, 0) is 13.1 Å². The average molecular weight is 244 g/mol. The quantitative estimate of drug-likeness (QED) is 0.876. The molecule has 0 saturated heterocycles. The molecule has 0 bridgehead atoms. The molecule has 0 saturated carbocycles. The van der Waals surface area contributed by atoms with Crippen molar-refractivity contribution in [3.8, 4) is 0 Å². The lowest BCUT2D eigenvalue weighted by Crippen LogP contribution is -2.17. The molecular formula is C15H20N2O. The Hall–Kier alpha value is -1.74. The molecule has 1 aromatic heterocycles. The molecule has 2 rings (SSSR count). The second-order valence-corrected chi connectivity index (χ2v) is 4.59. The number of furan rings is 1. The minimum atomic E-state index is 0.791. The van der Waals surface area contributed by atoms with E-state index in [1.807, 2.05) is 19.2 Å². The number of benzene rings is 1. The van der Waals surface area contributed by atoms with Gasteiger partial charge in [-0.3, -0.25) is 0 Å². The van der Waals surface area contributed by atoms with E-state index in [4.69, 9.17) is 4.42 Å². The minimum absolute atomic E-state index is 0.791. The van der Waals surface area contributed by atoms with Crippen molar-refractivity contribution in [1.82, 2.24) is 5.32 Å². The normalized spacial score (nSPS) is 10.6. The molecule has 0 spiro atoms. The molecule has 18 heavy (non-hydrogen) atoms. The summed E-state index contributed by atoms with van der Waals surface area (Å²) >= 11 is 0. The van der Waals surface area contributed by atoms with Gasteiger partial charge in [-0.2, -0.15) is 0 Å². The zero-order valence-corrected chi connectivity index (χ0v) is 11.2. The predicted octanol–water partition coefficient (Wildman–Crippen LogP) is 2.94. The van der Waals surface area contributed by atoms with E-state index < -0.39 is 0 Å². The lowest BCUT2D eigenvalue weighted by atomic mass is 10.1. The van der Waals surface area contributed by atoms with Crippen molar-refractivity contribution in [2.45, 2.75) is 20.0 Å². The van der Waals surface area contributed by atoms with Crippen LogP contribution in [0.1, 0.15) is 16.9 Å². The van der Waals surface area contributed by atoms with Crippen LogP contribution >= 0.6 is 0 Å². The third-order valence-corrected chi connectivity index (χ3v) is 3.03. The van der Waals surface area contributed by atoms with Crippen molar-refractivity contribution in [3.63, 3.8) is 0 Å². The first-order valence-electron chi connectivity index (χ1n) is 6.18. The first-order chi connectivity index (χ1) is 8.70. The molecule has 1 aromatic carbocycles. The highest BCUT2D eigenvalue weighted by Crippen LogP contribution is 2.22. The SMILES string of the molecule is CNCc1ccc(N(C)Cc2ccco2)c(C)c1. The average Bonchev–Trinajstić information content (AvgIpc) is 2.82. The minimum Gasteiger partial charge on any atom is -0.467 e. The van der Waals surface area contributed by atoms with Gasteiger partial charge in [-0.15, -0.1) is 0 Å². The zero-order chi connectivity index (χ0) is 13.0. The summed E-state index contributed by atoms with van der Waals surface area (Å²) in [6.07, 6.45) is 1.71. The molecule has 0 unspecified atom stereocenters. The third-order valence-electron chi connectivity index (χ3n) is 3.03. The van der Waals surface area contributed by atoms with E-state index in [0.717, 1.165) is 18.8 Å². The Morgan fingerprint density at radius 2 is 2.11 bits per heavy atom. The topological polar surface area (TPSA) is 28.4 Å². The molecule has 3 heteroatoms. The number of aryl methyl sites for hydroxylation is 1. The Labute approximate surface area is 108 Å². The second-order valence-electron chi connectivity index (χ2n) is 4.59. The van der Waals surface area contributed by atoms with Crippen LogP contribution in [0.4, 0.5) is 5.69 Å². The van der Waals surface area contributed by atoms with Crippen LogP contribution in [0.3, 0.4) is 0 Å². The Morgan fingerprint density at radius 1 is 1.28 bits per heavy atom. The molecule has 0 amide bonds. The summed E-state index contributed by atoms with van der Waals surface area (Å²) in [5.74, 6) is 0.983. The van der Waals surface area contributed by atoms with Crippen molar-refractivity contribution in [2.24, 2.45) is 0 Å². The van der Waals surface area contributed by atoms with Crippen LogP contribution in [0, 0.1) is 6.92 Å². The lowest BCUT2D eigenvalue weighted by Gasteiger charge is -2.21. The van der Waals surface area contributed by atoms with E-state index in [1.165, 1.54) is 16.8 Å². The fraction of sp³-hybridized carbons (Fsp3) is 0.333. The van der Waals surface area contributed by atoms with Crippen molar-refractivity contribution >= 4 is 5.69 Å². The van der Waals surface area contributed by atoms with Crippen LogP contribution in [0.25, 0.3) is 0 Å². The van der Waals surface area contributed by atoms with Gasteiger partial charge in [-0.25, -0.2) is 0 Å². The second kappa shape index (κ2) is 5.74. The Kier molecular flexibility index (Phi) is 4.05. The predicted molar refractivity (Wildman–Crippen MR) is 74.8 cm³/mol. The lowest BCUT2D eigenvalue weighted by molar-refractivity contribution is 0.507. The van der Waals surface area contributed by atoms with Crippen molar-refractivity contribution in [2.75, 3.05) is 19.0 Å². The largest absolute Gasteiger partial charge is 0.467 e. The number of nitrogens with one attached hydrogen (secondary N) is 1. The summed E-state index contributed by atoms with van der Waals surface area (Å²) in [6.45, 7) is 3.84. The summed E-state index contributed by atoms with van der Waals surface area (Å²) in [6, 6.07) is 10.5. The van der Waals surface area contributed by atoms with Gasteiger partial charge in [-0.1, -0.05) is 12.1 Å². The van der Waals surface area contributed by atoms with Gasteiger partial charge in [0.1, 0.15) is 5.76 Å². The van der Waals surface area contributed by atoms with E-state index >= 15 is 0 Å². The molecular weight excluding hydrogens is 224 g/mol. The van der Waals surface area contributed by atoms with Gasteiger partial charge >= 0.3 is 0 Å². The molecule has 0 aliphatic carbocycles. The van der Waals surface area contributed by atoms with E-state index in [0.29, 0.717) is 0 Å². The molecule has 96 valence electrons. The first kappa shape index (κ1) is 12.7. The number of rotatable bonds is 5. The van der Waals surface area contributed by atoms with Gasteiger partial charge in [0.2, 0.25) is 0 Å². The van der Waals surface area contributed by atoms with Gasteiger partial charge in [-0.05, 0) is 43.3 Å². The van der Waals surface area contributed by atoms with Crippen LogP contribution < -0.4 is 10.2 Å². The molecule has 1 N–H and O–H groups in total. The molecule has 0 atom stereocenters. The van der Waals surface area contributed by atoms with E-state index in [1.54, 1.807) is 6.26 Å². The van der Waals surface area contributed by atoms with Crippen molar-refractivity contribution in [1.29, 1.82) is 0 Å². The maximum atomic E-state index is 5.38. The standard InChI is InChI=1S/C15H20N2O/c1-12-9-13(10-16-2)6-7-15(12)17(3)11-14-5-4-8-18-14/h4-9,16H,10-11H2,1-3H3. The summed E-state index contributed by atoms with van der Waals surface area (Å²) < 4.78 is 5.38. The summed E-state index contributed by atoms with van der Waals surface area (Å²) in [7, 11) is 4.05. The molecule has 1 heterocycles. The third kappa shape index (κ3) is 2.93. The highest BCUT2D eigenvalue weighted by molar-refractivity contribution is 5.54. The molecule has 0 fully saturated rings. The highest BCUT2D eigenvalue weighted by atomic mass is 16.3. The van der Waals surface area contributed by atoms with Gasteiger partial charge in [0, 0.05) is 19.3 Å². The number of anilines is 1. The smallest absolute Gasteiger partial charge is 0.123 e. The molecule has 2 aromatic rings. The zero-order valence-electron chi connectivity index (χ0n) is 11.2. The maximum Gasteiger partial charge on any atom is 0.123 e. The maximum absolute atomic E-state index is 5.38. The van der Waals surface area contributed by atoms with Gasteiger partial charge in [0.25, 0.3) is 0 Å². The molecule has 0 aliphatic rings. The first-order valence-corrected chi connectivity index (χ1v) is 6.18. The Morgan fingerprint density at radius 3 is 2.72 bits per heavy atom. The summed E-state index contributed by atoms with van der Waals surface area (Å²) in [5.41, 5.74) is 3.84. The summed E-state index contributed by atoms with van der Waals surface area (Å²) in [5, 5.41) is 3.17.